The van der Waals surface area contributed by atoms with Gasteiger partial charge in [-0.25, -0.2) is 4.98 Å². The van der Waals surface area contributed by atoms with E-state index in [-0.39, 0.29) is 17.4 Å². The molecule has 1 aliphatic rings. The number of aromatic nitrogens is 3. The van der Waals surface area contributed by atoms with Crippen LogP contribution in [0.5, 0.6) is 11.5 Å². The van der Waals surface area contributed by atoms with Crippen molar-refractivity contribution in [2.24, 2.45) is 0 Å². The van der Waals surface area contributed by atoms with Crippen molar-refractivity contribution in [3.63, 3.8) is 0 Å². The van der Waals surface area contributed by atoms with Gasteiger partial charge in [-0.15, -0.1) is 0 Å². The van der Waals surface area contributed by atoms with Gasteiger partial charge in [-0.3, -0.25) is 14.6 Å². The van der Waals surface area contributed by atoms with Crippen LogP contribution in [0.25, 0.3) is 11.4 Å². The number of rotatable bonds is 6. The molecule has 0 bridgehead atoms. The molecular formula is C24H26N4O4. The Kier molecular flexibility index (Phi) is 6.49. The number of carbonyl (C=O) groups is 1. The number of amides is 1. The SMILES string of the molecule is COc1ccccc1O[C@@H](C)C(=O)N1CCC(c2nc(-c3ccccn3)cc(=O)[nH]2)CC1. The fourth-order valence-electron chi connectivity index (χ4n) is 3.90. The molecule has 3 aromatic rings. The Morgan fingerprint density at radius 1 is 1.09 bits per heavy atom. The Balaban J connectivity index is 1.40. The molecule has 166 valence electrons. The van der Waals surface area contributed by atoms with E-state index in [1.54, 1.807) is 37.3 Å². The second-order valence-electron chi connectivity index (χ2n) is 7.74. The van der Waals surface area contributed by atoms with Crippen LogP contribution >= 0.6 is 0 Å². The van der Waals surface area contributed by atoms with Crippen LogP contribution in [0.2, 0.25) is 0 Å². The van der Waals surface area contributed by atoms with E-state index in [0.717, 1.165) is 0 Å². The van der Waals surface area contributed by atoms with Crippen molar-refractivity contribution in [1.82, 2.24) is 19.9 Å². The highest BCUT2D eigenvalue weighted by Gasteiger charge is 2.29. The average Bonchev–Trinajstić information content (AvgIpc) is 2.84. The molecule has 3 heterocycles. The van der Waals surface area contributed by atoms with Crippen LogP contribution in [-0.2, 0) is 4.79 Å². The largest absolute Gasteiger partial charge is 0.493 e. The van der Waals surface area contributed by atoms with E-state index in [4.69, 9.17) is 9.47 Å². The molecule has 1 aromatic carbocycles. The van der Waals surface area contributed by atoms with Crippen molar-refractivity contribution in [2.75, 3.05) is 20.2 Å². The van der Waals surface area contributed by atoms with Crippen LogP contribution in [0.3, 0.4) is 0 Å². The Morgan fingerprint density at radius 2 is 1.81 bits per heavy atom. The van der Waals surface area contributed by atoms with Gasteiger partial charge in [-0.05, 0) is 44.0 Å². The molecule has 0 saturated carbocycles. The number of ether oxygens (including phenoxy) is 2. The highest BCUT2D eigenvalue weighted by atomic mass is 16.5. The van der Waals surface area contributed by atoms with Crippen LogP contribution in [0, 0.1) is 0 Å². The minimum Gasteiger partial charge on any atom is -0.493 e. The molecule has 1 aliphatic heterocycles. The Labute approximate surface area is 186 Å². The third-order valence-electron chi connectivity index (χ3n) is 5.60. The van der Waals surface area contributed by atoms with Crippen LogP contribution in [0.4, 0.5) is 0 Å². The predicted octanol–water partition coefficient (Wildman–Crippen LogP) is 3.01. The monoisotopic (exact) mass is 434 g/mol. The van der Waals surface area contributed by atoms with Crippen LogP contribution < -0.4 is 15.0 Å². The summed E-state index contributed by atoms with van der Waals surface area (Å²) in [6.45, 7) is 2.89. The van der Waals surface area contributed by atoms with Crippen molar-refractivity contribution >= 4 is 5.91 Å². The summed E-state index contributed by atoms with van der Waals surface area (Å²) >= 11 is 0. The molecule has 0 radical (unpaired) electrons. The lowest BCUT2D eigenvalue weighted by atomic mass is 9.95. The molecule has 1 amide bonds. The molecule has 4 rings (SSSR count). The number of nitrogens with zero attached hydrogens (tertiary/aromatic N) is 3. The lowest BCUT2D eigenvalue weighted by Crippen LogP contribution is -2.44. The topological polar surface area (TPSA) is 97.4 Å². The molecular weight excluding hydrogens is 408 g/mol. The van der Waals surface area contributed by atoms with Gasteiger partial charge < -0.3 is 19.4 Å². The zero-order chi connectivity index (χ0) is 22.5. The molecule has 0 spiro atoms. The van der Waals surface area contributed by atoms with Gasteiger partial charge in [-0.2, -0.15) is 0 Å². The standard InChI is InChI=1S/C24H26N4O4/c1-16(32-21-9-4-3-8-20(21)31-2)24(30)28-13-10-17(11-14-28)23-26-19(15-22(29)27-23)18-7-5-6-12-25-18/h3-9,12,15-17H,10-11,13-14H2,1-2H3,(H,26,27,29)/t16-/m0/s1. The van der Waals surface area contributed by atoms with Crippen LogP contribution in [0.1, 0.15) is 31.5 Å². The maximum Gasteiger partial charge on any atom is 0.263 e. The molecule has 32 heavy (non-hydrogen) atoms. The van der Waals surface area contributed by atoms with E-state index in [0.29, 0.717) is 54.6 Å². The number of hydrogen-bond donors (Lipinski definition) is 1. The van der Waals surface area contributed by atoms with Gasteiger partial charge in [0.25, 0.3) is 11.5 Å². The van der Waals surface area contributed by atoms with E-state index in [9.17, 15) is 9.59 Å². The number of nitrogens with one attached hydrogen (secondary N) is 1. The summed E-state index contributed by atoms with van der Waals surface area (Å²) in [4.78, 5) is 38.7. The van der Waals surface area contributed by atoms with E-state index in [2.05, 4.69) is 15.0 Å². The minimum atomic E-state index is -0.631. The van der Waals surface area contributed by atoms with Gasteiger partial charge in [-0.1, -0.05) is 18.2 Å². The van der Waals surface area contributed by atoms with Gasteiger partial charge in [0.05, 0.1) is 18.5 Å². The van der Waals surface area contributed by atoms with Gasteiger partial charge in [0, 0.05) is 31.3 Å². The molecule has 1 fully saturated rings. The number of aromatic amines is 1. The van der Waals surface area contributed by atoms with E-state index >= 15 is 0 Å². The zero-order valence-corrected chi connectivity index (χ0v) is 18.2. The third-order valence-corrected chi connectivity index (χ3v) is 5.60. The first-order valence-corrected chi connectivity index (χ1v) is 10.7. The number of para-hydroxylation sites is 2. The van der Waals surface area contributed by atoms with Crippen molar-refractivity contribution < 1.29 is 14.3 Å². The fraction of sp³-hybridized carbons (Fsp3) is 0.333. The quantitative estimate of drug-likeness (QED) is 0.641. The first-order chi connectivity index (χ1) is 15.5. The average molecular weight is 434 g/mol. The summed E-state index contributed by atoms with van der Waals surface area (Å²) in [5, 5.41) is 0. The van der Waals surface area contributed by atoms with Gasteiger partial charge in [0.2, 0.25) is 0 Å². The molecule has 8 nitrogen and oxygen atoms in total. The van der Waals surface area contributed by atoms with Crippen LogP contribution in [0.15, 0.2) is 59.5 Å². The maximum absolute atomic E-state index is 12.9. The van der Waals surface area contributed by atoms with E-state index < -0.39 is 6.10 Å². The van der Waals surface area contributed by atoms with E-state index in [1.807, 2.05) is 30.3 Å². The first kappa shape index (κ1) is 21.5. The number of benzene rings is 1. The first-order valence-electron chi connectivity index (χ1n) is 10.7. The normalized spacial score (nSPS) is 15.2. The van der Waals surface area contributed by atoms with Gasteiger partial charge >= 0.3 is 0 Å². The molecule has 0 aliphatic carbocycles. The summed E-state index contributed by atoms with van der Waals surface area (Å²) in [6.07, 6.45) is 2.47. The van der Waals surface area contributed by atoms with Crippen molar-refractivity contribution in [3.8, 4) is 22.9 Å². The minimum absolute atomic E-state index is 0.0702. The highest BCUT2D eigenvalue weighted by molar-refractivity contribution is 5.81. The Morgan fingerprint density at radius 3 is 2.50 bits per heavy atom. The lowest BCUT2D eigenvalue weighted by molar-refractivity contribution is -0.139. The maximum atomic E-state index is 12.9. The fourth-order valence-corrected chi connectivity index (χ4v) is 3.90. The van der Waals surface area contributed by atoms with Gasteiger partial charge in [0.15, 0.2) is 17.6 Å². The molecule has 2 aromatic heterocycles. The number of piperidine rings is 1. The number of likely N-dealkylation sites (tertiary alicyclic amines) is 1. The number of carbonyl (C=O) groups excluding carboxylic acids is 1. The van der Waals surface area contributed by atoms with Crippen molar-refractivity contribution in [2.45, 2.75) is 31.8 Å². The van der Waals surface area contributed by atoms with Crippen molar-refractivity contribution in [3.05, 3.63) is 70.9 Å². The van der Waals surface area contributed by atoms with E-state index in [1.165, 1.54) is 6.07 Å². The number of methoxy groups -OCH3 is 1. The molecule has 0 unspecified atom stereocenters. The summed E-state index contributed by atoms with van der Waals surface area (Å²) < 4.78 is 11.2. The zero-order valence-electron chi connectivity index (χ0n) is 18.2. The Bertz CT molecular complexity index is 1120. The second-order valence-corrected chi connectivity index (χ2v) is 7.74. The summed E-state index contributed by atoms with van der Waals surface area (Å²) in [7, 11) is 1.57. The number of hydrogen-bond acceptors (Lipinski definition) is 6. The molecule has 1 saturated heterocycles. The van der Waals surface area contributed by atoms with Crippen molar-refractivity contribution in [1.29, 1.82) is 0 Å². The number of H-pyrrole nitrogens is 1. The van der Waals surface area contributed by atoms with Crippen LogP contribution in [-0.4, -0.2) is 52.1 Å². The van der Waals surface area contributed by atoms with Gasteiger partial charge in [0.1, 0.15) is 5.82 Å². The Hall–Kier alpha value is -3.68. The lowest BCUT2D eigenvalue weighted by Gasteiger charge is -2.33. The molecule has 1 atom stereocenters. The highest BCUT2D eigenvalue weighted by Crippen LogP contribution is 2.29. The summed E-state index contributed by atoms with van der Waals surface area (Å²) in [5.74, 6) is 1.77. The predicted molar refractivity (Wildman–Crippen MR) is 120 cm³/mol. The summed E-state index contributed by atoms with van der Waals surface area (Å²) in [5.41, 5.74) is 1.02. The molecule has 8 heteroatoms. The molecule has 1 N–H and O–H groups in total. The second kappa shape index (κ2) is 9.64. The smallest absolute Gasteiger partial charge is 0.263 e. The number of pyridine rings is 1. The third kappa shape index (κ3) is 4.80. The summed E-state index contributed by atoms with van der Waals surface area (Å²) in [6, 6.07) is 14.2.